The second-order valence-corrected chi connectivity index (χ2v) is 5.51. The molecule has 1 N–H and O–H groups in total. The molecule has 0 fully saturated rings. The Morgan fingerprint density at radius 2 is 1.95 bits per heavy atom. The number of ether oxygens (including phenoxy) is 1. The Kier molecular flexibility index (Phi) is 5.50. The summed E-state index contributed by atoms with van der Waals surface area (Å²) in [5, 5.41) is 4.07. The minimum Gasteiger partial charge on any atom is -0.490 e. The molecule has 0 aliphatic rings. The Balaban J connectivity index is 1.95. The van der Waals surface area contributed by atoms with Crippen LogP contribution in [0.1, 0.15) is 5.56 Å². The molecule has 0 radical (unpaired) electrons. The van der Waals surface area contributed by atoms with E-state index in [9.17, 15) is 0 Å². The standard InChI is InChI=1S/C16H15BrClNO/c1-2-9-20-14-6-3-12(4-7-14)11-19-16-8-5-13(18)10-15(16)17/h2-8,10,19H,1,9,11H2. The predicted octanol–water partition coefficient (Wildman–Crippen LogP) is 5.28. The quantitative estimate of drug-likeness (QED) is 0.714. The van der Waals surface area contributed by atoms with Gasteiger partial charge in [0.15, 0.2) is 0 Å². The molecule has 0 bridgehead atoms. The summed E-state index contributed by atoms with van der Waals surface area (Å²) in [6.45, 7) is 4.88. The van der Waals surface area contributed by atoms with E-state index in [4.69, 9.17) is 16.3 Å². The van der Waals surface area contributed by atoms with Crippen molar-refractivity contribution in [1.29, 1.82) is 0 Å². The zero-order chi connectivity index (χ0) is 14.4. The topological polar surface area (TPSA) is 21.3 Å². The normalized spacial score (nSPS) is 10.1. The number of hydrogen-bond donors (Lipinski definition) is 1. The summed E-state index contributed by atoms with van der Waals surface area (Å²) in [6, 6.07) is 13.7. The molecule has 0 spiro atoms. The molecule has 0 atom stereocenters. The number of anilines is 1. The Bertz CT molecular complexity index is 584. The molecular weight excluding hydrogens is 338 g/mol. The third-order valence-corrected chi connectivity index (χ3v) is 3.60. The summed E-state index contributed by atoms with van der Waals surface area (Å²) in [5.41, 5.74) is 2.19. The molecule has 0 aliphatic heterocycles. The minimum absolute atomic E-state index is 0.523. The van der Waals surface area contributed by atoms with Gasteiger partial charge in [-0.2, -0.15) is 0 Å². The average Bonchev–Trinajstić information content (AvgIpc) is 2.45. The minimum atomic E-state index is 0.523. The first-order valence-electron chi connectivity index (χ1n) is 6.20. The summed E-state index contributed by atoms with van der Waals surface area (Å²) in [4.78, 5) is 0. The van der Waals surface area contributed by atoms with E-state index in [1.165, 1.54) is 5.56 Å². The number of nitrogens with one attached hydrogen (secondary N) is 1. The first kappa shape index (κ1) is 14.9. The van der Waals surface area contributed by atoms with E-state index in [-0.39, 0.29) is 0 Å². The van der Waals surface area contributed by atoms with Gasteiger partial charge in [0, 0.05) is 21.7 Å². The van der Waals surface area contributed by atoms with Crippen LogP contribution in [0.25, 0.3) is 0 Å². The Morgan fingerprint density at radius 3 is 2.60 bits per heavy atom. The molecule has 0 unspecified atom stereocenters. The first-order chi connectivity index (χ1) is 9.69. The molecule has 2 aromatic carbocycles. The molecule has 2 rings (SSSR count). The van der Waals surface area contributed by atoms with Gasteiger partial charge in [0.25, 0.3) is 0 Å². The van der Waals surface area contributed by atoms with E-state index >= 15 is 0 Å². The van der Waals surface area contributed by atoms with Gasteiger partial charge in [0.2, 0.25) is 0 Å². The highest BCUT2D eigenvalue weighted by molar-refractivity contribution is 9.10. The fraction of sp³-hybridized carbons (Fsp3) is 0.125. The molecule has 0 saturated heterocycles. The lowest BCUT2D eigenvalue weighted by Crippen LogP contribution is -2.00. The average molecular weight is 353 g/mol. The van der Waals surface area contributed by atoms with Crippen LogP contribution in [0, 0.1) is 0 Å². The van der Waals surface area contributed by atoms with Crippen molar-refractivity contribution in [3.8, 4) is 5.75 Å². The summed E-state index contributed by atoms with van der Waals surface area (Å²) < 4.78 is 6.40. The lowest BCUT2D eigenvalue weighted by Gasteiger charge is -2.10. The van der Waals surface area contributed by atoms with Crippen LogP contribution >= 0.6 is 27.5 Å². The third-order valence-electron chi connectivity index (χ3n) is 2.71. The SMILES string of the molecule is C=CCOc1ccc(CNc2ccc(Cl)cc2Br)cc1. The van der Waals surface area contributed by atoms with Crippen molar-refractivity contribution in [1.82, 2.24) is 0 Å². The monoisotopic (exact) mass is 351 g/mol. The molecule has 2 nitrogen and oxygen atoms in total. The van der Waals surface area contributed by atoms with E-state index in [0.717, 1.165) is 22.5 Å². The Morgan fingerprint density at radius 1 is 1.20 bits per heavy atom. The van der Waals surface area contributed by atoms with Crippen molar-refractivity contribution >= 4 is 33.2 Å². The second kappa shape index (κ2) is 7.36. The predicted molar refractivity (Wildman–Crippen MR) is 88.6 cm³/mol. The summed E-state index contributed by atoms with van der Waals surface area (Å²) in [6.07, 6.45) is 1.73. The molecule has 0 amide bonds. The first-order valence-corrected chi connectivity index (χ1v) is 7.37. The Labute approximate surface area is 132 Å². The molecule has 0 heterocycles. The van der Waals surface area contributed by atoms with Crippen molar-refractivity contribution in [2.45, 2.75) is 6.54 Å². The van der Waals surface area contributed by atoms with Crippen LogP contribution in [0.5, 0.6) is 5.75 Å². The molecule has 0 aliphatic carbocycles. The van der Waals surface area contributed by atoms with Crippen molar-refractivity contribution in [3.05, 3.63) is 70.2 Å². The van der Waals surface area contributed by atoms with Gasteiger partial charge in [-0.15, -0.1) is 0 Å². The van der Waals surface area contributed by atoms with E-state index in [2.05, 4.69) is 27.8 Å². The van der Waals surface area contributed by atoms with E-state index < -0.39 is 0 Å². The molecule has 4 heteroatoms. The maximum Gasteiger partial charge on any atom is 0.119 e. The number of hydrogen-bond acceptors (Lipinski definition) is 2. The van der Waals surface area contributed by atoms with Gasteiger partial charge in [0.05, 0.1) is 0 Å². The Hall–Kier alpha value is -1.45. The highest BCUT2D eigenvalue weighted by atomic mass is 79.9. The lowest BCUT2D eigenvalue weighted by molar-refractivity contribution is 0.363. The van der Waals surface area contributed by atoms with Gasteiger partial charge >= 0.3 is 0 Å². The lowest BCUT2D eigenvalue weighted by atomic mass is 10.2. The highest BCUT2D eigenvalue weighted by Crippen LogP contribution is 2.26. The molecule has 20 heavy (non-hydrogen) atoms. The fourth-order valence-electron chi connectivity index (χ4n) is 1.69. The second-order valence-electron chi connectivity index (χ2n) is 4.22. The zero-order valence-electron chi connectivity index (χ0n) is 10.9. The van der Waals surface area contributed by atoms with Gasteiger partial charge in [-0.3, -0.25) is 0 Å². The number of benzene rings is 2. The van der Waals surface area contributed by atoms with Gasteiger partial charge < -0.3 is 10.1 Å². The van der Waals surface area contributed by atoms with Crippen LogP contribution in [0.2, 0.25) is 5.02 Å². The number of rotatable bonds is 6. The van der Waals surface area contributed by atoms with Gasteiger partial charge in [-0.25, -0.2) is 0 Å². The van der Waals surface area contributed by atoms with Crippen molar-refractivity contribution in [2.75, 3.05) is 11.9 Å². The van der Waals surface area contributed by atoms with Crippen LogP contribution in [0.15, 0.2) is 59.6 Å². The van der Waals surface area contributed by atoms with E-state index in [0.29, 0.717) is 11.6 Å². The van der Waals surface area contributed by atoms with Crippen molar-refractivity contribution < 1.29 is 4.74 Å². The molecule has 0 saturated carbocycles. The summed E-state index contributed by atoms with van der Waals surface area (Å²) in [7, 11) is 0. The molecule has 2 aromatic rings. The highest BCUT2D eigenvalue weighted by Gasteiger charge is 2.01. The van der Waals surface area contributed by atoms with Gasteiger partial charge in [-0.05, 0) is 51.8 Å². The van der Waals surface area contributed by atoms with Crippen LogP contribution in [0.4, 0.5) is 5.69 Å². The molecule has 104 valence electrons. The van der Waals surface area contributed by atoms with Crippen LogP contribution < -0.4 is 10.1 Å². The molecular formula is C16H15BrClNO. The van der Waals surface area contributed by atoms with E-state index in [1.54, 1.807) is 6.08 Å². The zero-order valence-corrected chi connectivity index (χ0v) is 13.2. The third kappa shape index (κ3) is 4.29. The van der Waals surface area contributed by atoms with Crippen LogP contribution in [0.3, 0.4) is 0 Å². The van der Waals surface area contributed by atoms with Crippen molar-refractivity contribution in [2.24, 2.45) is 0 Å². The largest absolute Gasteiger partial charge is 0.490 e. The maximum absolute atomic E-state index is 5.91. The van der Waals surface area contributed by atoms with Crippen LogP contribution in [-0.4, -0.2) is 6.61 Å². The van der Waals surface area contributed by atoms with E-state index in [1.807, 2.05) is 42.5 Å². The summed E-state index contributed by atoms with van der Waals surface area (Å²) in [5.74, 6) is 0.848. The van der Waals surface area contributed by atoms with Crippen molar-refractivity contribution in [3.63, 3.8) is 0 Å². The van der Waals surface area contributed by atoms with Crippen LogP contribution in [-0.2, 0) is 6.54 Å². The van der Waals surface area contributed by atoms with Gasteiger partial charge in [0.1, 0.15) is 12.4 Å². The van der Waals surface area contributed by atoms with Gasteiger partial charge in [-0.1, -0.05) is 36.4 Å². The maximum atomic E-state index is 5.91. The smallest absolute Gasteiger partial charge is 0.119 e. The summed E-state index contributed by atoms with van der Waals surface area (Å²) >= 11 is 9.40. The molecule has 0 aromatic heterocycles. The fourth-order valence-corrected chi connectivity index (χ4v) is 2.51. The number of halogens is 2.